The van der Waals surface area contributed by atoms with Gasteiger partial charge in [0, 0.05) is 19.3 Å². The fraction of sp³-hybridized carbons (Fsp3) is 0.467. The summed E-state index contributed by atoms with van der Waals surface area (Å²) >= 11 is 0. The van der Waals surface area contributed by atoms with E-state index in [0.29, 0.717) is 17.9 Å². The maximum absolute atomic E-state index is 12.0. The van der Waals surface area contributed by atoms with E-state index in [4.69, 9.17) is 15.1 Å². The van der Waals surface area contributed by atoms with E-state index in [2.05, 4.69) is 10.3 Å². The van der Waals surface area contributed by atoms with Gasteiger partial charge in [0.1, 0.15) is 24.0 Å². The first-order valence-electron chi connectivity index (χ1n) is 7.01. The highest BCUT2D eigenvalue weighted by atomic mass is 16.6. The van der Waals surface area contributed by atoms with Gasteiger partial charge < -0.3 is 15.2 Å². The number of amides is 1. The van der Waals surface area contributed by atoms with Crippen LogP contribution in [0, 0.1) is 11.3 Å². The van der Waals surface area contributed by atoms with Crippen molar-refractivity contribution in [1.82, 2.24) is 9.88 Å². The topological polar surface area (TPSA) is 116 Å². The van der Waals surface area contributed by atoms with Crippen molar-refractivity contribution in [1.29, 1.82) is 5.26 Å². The Morgan fingerprint density at radius 3 is 2.61 bits per heavy atom. The van der Waals surface area contributed by atoms with Gasteiger partial charge in [-0.3, -0.25) is 9.69 Å². The Kier molecular flexibility index (Phi) is 6.33. The summed E-state index contributed by atoms with van der Waals surface area (Å²) in [5.41, 5.74) is -0.257. The Morgan fingerprint density at radius 1 is 1.43 bits per heavy atom. The third-order valence-electron chi connectivity index (χ3n) is 2.56. The van der Waals surface area contributed by atoms with Gasteiger partial charge >= 0.3 is 12.1 Å². The van der Waals surface area contributed by atoms with Crippen molar-refractivity contribution in [3.05, 3.63) is 23.9 Å². The summed E-state index contributed by atoms with van der Waals surface area (Å²) in [6.45, 7) is 5.13. The molecular formula is C15H20N4O4. The first kappa shape index (κ1) is 18.2. The largest absolute Gasteiger partial charge is 0.480 e. The number of nitrogens with zero attached hydrogens (tertiary/aromatic N) is 3. The van der Waals surface area contributed by atoms with Gasteiger partial charge in [0.2, 0.25) is 0 Å². The Morgan fingerprint density at radius 2 is 2.13 bits per heavy atom. The Labute approximate surface area is 134 Å². The molecule has 0 aromatic carbocycles. The number of nitriles is 1. The van der Waals surface area contributed by atoms with Gasteiger partial charge in [-0.2, -0.15) is 5.26 Å². The number of carbonyl (C=O) groups is 2. The van der Waals surface area contributed by atoms with E-state index >= 15 is 0 Å². The van der Waals surface area contributed by atoms with Gasteiger partial charge in [0.25, 0.3) is 0 Å². The summed E-state index contributed by atoms with van der Waals surface area (Å²) in [4.78, 5) is 28.0. The average molecular weight is 320 g/mol. The Hall–Kier alpha value is -2.82. The number of hydrogen-bond donors (Lipinski definition) is 2. The number of aliphatic carboxylic acids is 1. The summed E-state index contributed by atoms with van der Waals surface area (Å²) in [7, 11) is 0. The molecular weight excluding hydrogens is 300 g/mol. The van der Waals surface area contributed by atoms with Crippen molar-refractivity contribution in [3.63, 3.8) is 0 Å². The van der Waals surface area contributed by atoms with Crippen LogP contribution in [0.15, 0.2) is 18.3 Å². The molecule has 1 heterocycles. The maximum atomic E-state index is 12.0. The third-order valence-corrected chi connectivity index (χ3v) is 2.56. The molecule has 0 aliphatic rings. The van der Waals surface area contributed by atoms with Gasteiger partial charge in [-0.25, -0.2) is 9.78 Å². The van der Waals surface area contributed by atoms with Gasteiger partial charge in [-0.15, -0.1) is 0 Å². The molecule has 0 unspecified atom stereocenters. The molecule has 8 heteroatoms. The van der Waals surface area contributed by atoms with Crippen LogP contribution >= 0.6 is 0 Å². The van der Waals surface area contributed by atoms with E-state index in [-0.39, 0.29) is 6.54 Å². The molecule has 23 heavy (non-hydrogen) atoms. The lowest BCUT2D eigenvalue weighted by Crippen LogP contribution is -2.42. The number of aromatic nitrogens is 1. The number of pyridine rings is 1. The number of carboxylic acid groups (broad SMARTS) is 1. The van der Waals surface area contributed by atoms with Gasteiger partial charge in [0.05, 0.1) is 5.56 Å². The van der Waals surface area contributed by atoms with Crippen LogP contribution < -0.4 is 5.32 Å². The molecule has 0 aliphatic heterocycles. The van der Waals surface area contributed by atoms with E-state index in [1.165, 1.54) is 6.20 Å². The lowest BCUT2D eigenvalue weighted by Gasteiger charge is -2.26. The second-order valence-corrected chi connectivity index (χ2v) is 5.77. The molecule has 0 atom stereocenters. The van der Waals surface area contributed by atoms with Crippen LogP contribution in [-0.2, 0) is 9.53 Å². The van der Waals surface area contributed by atoms with E-state index in [9.17, 15) is 9.59 Å². The minimum Gasteiger partial charge on any atom is -0.480 e. The summed E-state index contributed by atoms with van der Waals surface area (Å²) in [6, 6.07) is 5.20. The fourth-order valence-electron chi connectivity index (χ4n) is 1.61. The lowest BCUT2D eigenvalue weighted by atomic mass is 10.2. The van der Waals surface area contributed by atoms with Crippen LogP contribution in [0.2, 0.25) is 0 Å². The normalized spacial score (nSPS) is 10.5. The predicted octanol–water partition coefficient (Wildman–Crippen LogP) is 1.69. The van der Waals surface area contributed by atoms with Crippen LogP contribution in [0.5, 0.6) is 0 Å². The monoisotopic (exact) mass is 320 g/mol. The summed E-state index contributed by atoms with van der Waals surface area (Å²) < 4.78 is 5.18. The van der Waals surface area contributed by atoms with Crippen LogP contribution in [0.3, 0.4) is 0 Å². The van der Waals surface area contributed by atoms with Crippen LogP contribution in [0.4, 0.5) is 10.6 Å². The van der Waals surface area contributed by atoms with Crippen LogP contribution in [0.1, 0.15) is 26.3 Å². The molecule has 124 valence electrons. The zero-order chi connectivity index (χ0) is 17.5. The molecule has 2 N–H and O–H groups in total. The molecule has 0 saturated carbocycles. The molecule has 1 rings (SSSR count). The Balaban J connectivity index is 2.58. The number of carbonyl (C=O) groups excluding carboxylic acids is 1. The summed E-state index contributed by atoms with van der Waals surface area (Å²) in [6.07, 6.45) is 0.736. The SMILES string of the molecule is CC(C)(C)OC(=O)N(CCNc1ccc(C#N)cn1)CC(=O)O. The second kappa shape index (κ2) is 7.98. The second-order valence-electron chi connectivity index (χ2n) is 5.77. The molecule has 0 radical (unpaired) electrons. The molecule has 8 nitrogen and oxygen atoms in total. The Bertz CT molecular complexity index is 587. The van der Waals surface area contributed by atoms with E-state index < -0.39 is 24.2 Å². The van der Waals surface area contributed by atoms with Crippen molar-refractivity contribution in [3.8, 4) is 6.07 Å². The van der Waals surface area contributed by atoms with Crippen molar-refractivity contribution < 1.29 is 19.4 Å². The maximum Gasteiger partial charge on any atom is 0.410 e. The average Bonchev–Trinajstić information content (AvgIpc) is 2.44. The van der Waals surface area contributed by atoms with E-state index in [0.717, 1.165) is 4.90 Å². The third kappa shape index (κ3) is 7.13. The molecule has 0 fully saturated rings. The quantitative estimate of drug-likeness (QED) is 0.819. The highest BCUT2D eigenvalue weighted by molar-refractivity contribution is 5.76. The number of nitrogens with one attached hydrogen (secondary N) is 1. The minimum atomic E-state index is -1.12. The van der Waals surface area contributed by atoms with Crippen molar-refractivity contribution in [2.75, 3.05) is 25.0 Å². The highest BCUT2D eigenvalue weighted by Gasteiger charge is 2.23. The number of rotatable bonds is 6. The zero-order valence-corrected chi connectivity index (χ0v) is 13.4. The van der Waals surface area contributed by atoms with Crippen molar-refractivity contribution >= 4 is 17.9 Å². The molecule has 0 saturated heterocycles. The molecule has 1 aromatic rings. The van der Waals surface area contributed by atoms with Crippen molar-refractivity contribution in [2.24, 2.45) is 0 Å². The lowest BCUT2D eigenvalue weighted by molar-refractivity contribution is -0.138. The predicted molar refractivity (Wildman–Crippen MR) is 82.9 cm³/mol. The van der Waals surface area contributed by atoms with Gasteiger partial charge in [-0.05, 0) is 32.9 Å². The van der Waals surface area contributed by atoms with Crippen LogP contribution in [0.25, 0.3) is 0 Å². The van der Waals surface area contributed by atoms with Crippen LogP contribution in [-0.4, -0.2) is 52.3 Å². The fourth-order valence-corrected chi connectivity index (χ4v) is 1.61. The van der Waals surface area contributed by atoms with E-state index in [1.54, 1.807) is 32.9 Å². The standard InChI is InChI=1S/C15H20N4O4/c1-15(2,3)23-14(22)19(10-13(20)21)7-6-17-12-5-4-11(8-16)9-18-12/h4-5,9H,6-7,10H2,1-3H3,(H,17,18)(H,20,21). The van der Waals surface area contributed by atoms with Gasteiger partial charge in [0.15, 0.2) is 0 Å². The molecule has 1 amide bonds. The first-order valence-corrected chi connectivity index (χ1v) is 7.01. The highest BCUT2D eigenvalue weighted by Crippen LogP contribution is 2.10. The first-order chi connectivity index (χ1) is 10.7. The summed E-state index contributed by atoms with van der Waals surface area (Å²) in [5.74, 6) is -0.587. The number of ether oxygens (including phenoxy) is 1. The summed E-state index contributed by atoms with van der Waals surface area (Å²) in [5, 5.41) is 20.5. The molecule has 0 spiro atoms. The number of carboxylic acids is 1. The minimum absolute atomic E-state index is 0.142. The van der Waals surface area contributed by atoms with Gasteiger partial charge in [-0.1, -0.05) is 0 Å². The van der Waals surface area contributed by atoms with E-state index in [1.807, 2.05) is 6.07 Å². The van der Waals surface area contributed by atoms with Crippen molar-refractivity contribution in [2.45, 2.75) is 26.4 Å². The number of anilines is 1. The molecule has 1 aromatic heterocycles. The zero-order valence-electron chi connectivity index (χ0n) is 13.4. The molecule has 0 bridgehead atoms. The molecule has 0 aliphatic carbocycles. The smallest absolute Gasteiger partial charge is 0.410 e. The number of hydrogen-bond acceptors (Lipinski definition) is 6.